The molecule has 0 aromatic heterocycles. The second-order valence-corrected chi connectivity index (χ2v) is 5.98. The zero-order valence-corrected chi connectivity index (χ0v) is 10.8. The molecule has 90 valence electrons. The maximum absolute atomic E-state index is 11.7. The van der Waals surface area contributed by atoms with Crippen molar-refractivity contribution < 1.29 is 8.95 Å². The highest BCUT2D eigenvalue weighted by Gasteiger charge is 2.16. The number of ether oxygens (including phenoxy) is 1. The summed E-state index contributed by atoms with van der Waals surface area (Å²) in [6.07, 6.45) is 0. The summed E-state index contributed by atoms with van der Waals surface area (Å²) >= 11 is 0. The summed E-state index contributed by atoms with van der Waals surface area (Å²) in [5.41, 5.74) is 6.95. The molecule has 1 rings (SSSR count). The molecule has 2 atom stereocenters. The third-order valence-corrected chi connectivity index (χ3v) is 4.15. The van der Waals surface area contributed by atoms with Gasteiger partial charge in [0.1, 0.15) is 5.75 Å². The van der Waals surface area contributed by atoms with Crippen molar-refractivity contribution in [2.45, 2.75) is 25.1 Å². The van der Waals surface area contributed by atoms with Gasteiger partial charge in [-0.05, 0) is 6.07 Å². The van der Waals surface area contributed by atoms with Crippen LogP contribution in [0.2, 0.25) is 0 Å². The minimum absolute atomic E-state index is 0.140. The van der Waals surface area contributed by atoms with E-state index in [1.54, 1.807) is 7.11 Å². The molecular formula is C12H19NO2S. The average molecular weight is 241 g/mol. The molecule has 0 amide bonds. The lowest BCUT2D eigenvalue weighted by atomic mass is 10.1. The van der Waals surface area contributed by atoms with Crippen LogP contribution in [-0.4, -0.2) is 22.3 Å². The first kappa shape index (κ1) is 13.2. The minimum atomic E-state index is -0.893. The zero-order chi connectivity index (χ0) is 12.1. The fraction of sp³-hybridized carbons (Fsp3) is 0.500. The smallest absolute Gasteiger partial charge is 0.123 e. The van der Waals surface area contributed by atoms with E-state index in [1.807, 2.05) is 38.1 Å². The SMILES string of the molecule is COc1ccccc1C(N)CS(=O)C(C)C. The van der Waals surface area contributed by atoms with E-state index in [4.69, 9.17) is 10.5 Å². The Labute approximate surface area is 99.4 Å². The van der Waals surface area contributed by atoms with Crippen LogP contribution >= 0.6 is 0 Å². The third-order valence-electron chi connectivity index (χ3n) is 2.41. The lowest BCUT2D eigenvalue weighted by molar-refractivity contribution is 0.407. The number of nitrogens with two attached hydrogens (primary N) is 1. The molecule has 0 aliphatic carbocycles. The Morgan fingerprint density at radius 1 is 1.38 bits per heavy atom. The van der Waals surface area contributed by atoms with Crippen molar-refractivity contribution in [1.29, 1.82) is 0 Å². The molecule has 0 saturated heterocycles. The van der Waals surface area contributed by atoms with Gasteiger partial charge in [0.05, 0.1) is 7.11 Å². The van der Waals surface area contributed by atoms with Gasteiger partial charge in [-0.15, -0.1) is 0 Å². The van der Waals surface area contributed by atoms with Crippen LogP contribution in [0.3, 0.4) is 0 Å². The molecule has 0 bridgehead atoms. The predicted octanol–water partition coefficient (Wildman–Crippen LogP) is 1.85. The normalized spacial score (nSPS) is 14.8. The number of rotatable bonds is 5. The van der Waals surface area contributed by atoms with E-state index in [1.165, 1.54) is 0 Å². The van der Waals surface area contributed by atoms with Crippen LogP contribution in [-0.2, 0) is 10.8 Å². The van der Waals surface area contributed by atoms with Crippen molar-refractivity contribution in [1.82, 2.24) is 0 Å². The lowest BCUT2D eigenvalue weighted by Gasteiger charge is -2.16. The van der Waals surface area contributed by atoms with E-state index in [0.717, 1.165) is 11.3 Å². The van der Waals surface area contributed by atoms with Gasteiger partial charge in [-0.25, -0.2) is 0 Å². The van der Waals surface area contributed by atoms with Crippen LogP contribution in [0.1, 0.15) is 25.5 Å². The molecule has 4 heteroatoms. The summed E-state index contributed by atoms with van der Waals surface area (Å²) in [6, 6.07) is 7.36. The van der Waals surface area contributed by atoms with Gasteiger partial charge in [0.2, 0.25) is 0 Å². The van der Waals surface area contributed by atoms with Crippen molar-refractivity contribution >= 4 is 10.8 Å². The first-order valence-corrected chi connectivity index (χ1v) is 6.70. The van der Waals surface area contributed by atoms with Crippen LogP contribution in [0.5, 0.6) is 5.75 Å². The molecule has 0 spiro atoms. The monoisotopic (exact) mass is 241 g/mol. The fourth-order valence-electron chi connectivity index (χ4n) is 1.43. The first-order chi connectivity index (χ1) is 7.56. The Bertz CT molecular complexity index is 366. The Kier molecular flexibility index (Phi) is 4.96. The Morgan fingerprint density at radius 3 is 2.56 bits per heavy atom. The average Bonchev–Trinajstić information content (AvgIpc) is 2.28. The summed E-state index contributed by atoms with van der Waals surface area (Å²) in [6.45, 7) is 3.87. The molecule has 1 aromatic rings. The van der Waals surface area contributed by atoms with Gasteiger partial charge >= 0.3 is 0 Å². The highest BCUT2D eigenvalue weighted by Crippen LogP contribution is 2.24. The number of para-hydroxylation sites is 1. The van der Waals surface area contributed by atoms with Crippen molar-refractivity contribution in [2.75, 3.05) is 12.9 Å². The number of methoxy groups -OCH3 is 1. The van der Waals surface area contributed by atoms with E-state index in [0.29, 0.717) is 5.75 Å². The molecule has 2 unspecified atom stereocenters. The van der Waals surface area contributed by atoms with Gasteiger partial charge in [0, 0.05) is 33.4 Å². The molecule has 0 radical (unpaired) electrons. The maximum Gasteiger partial charge on any atom is 0.123 e. The summed E-state index contributed by atoms with van der Waals surface area (Å²) in [4.78, 5) is 0. The summed E-state index contributed by atoms with van der Waals surface area (Å²) in [5.74, 6) is 1.23. The van der Waals surface area contributed by atoms with Crippen molar-refractivity contribution in [3.05, 3.63) is 29.8 Å². The lowest BCUT2D eigenvalue weighted by Crippen LogP contribution is -2.22. The van der Waals surface area contributed by atoms with Crippen molar-refractivity contribution in [3.8, 4) is 5.75 Å². The Morgan fingerprint density at radius 2 is 2.00 bits per heavy atom. The number of hydrogen-bond donors (Lipinski definition) is 1. The highest BCUT2D eigenvalue weighted by molar-refractivity contribution is 7.85. The topological polar surface area (TPSA) is 52.3 Å². The Hall–Kier alpha value is -0.870. The van der Waals surface area contributed by atoms with Crippen LogP contribution in [0.4, 0.5) is 0 Å². The molecule has 3 nitrogen and oxygen atoms in total. The van der Waals surface area contributed by atoms with E-state index in [-0.39, 0.29) is 11.3 Å². The Balaban J connectivity index is 2.80. The van der Waals surface area contributed by atoms with Crippen LogP contribution in [0.15, 0.2) is 24.3 Å². The largest absolute Gasteiger partial charge is 0.496 e. The van der Waals surface area contributed by atoms with Crippen molar-refractivity contribution in [3.63, 3.8) is 0 Å². The van der Waals surface area contributed by atoms with Crippen LogP contribution < -0.4 is 10.5 Å². The minimum Gasteiger partial charge on any atom is -0.496 e. The molecule has 0 heterocycles. The van der Waals surface area contributed by atoms with Gasteiger partial charge in [0.15, 0.2) is 0 Å². The second-order valence-electron chi connectivity index (χ2n) is 3.94. The van der Waals surface area contributed by atoms with Crippen LogP contribution in [0, 0.1) is 0 Å². The highest BCUT2D eigenvalue weighted by atomic mass is 32.2. The summed E-state index contributed by atoms with van der Waals surface area (Å²) < 4.78 is 16.9. The van der Waals surface area contributed by atoms with Gasteiger partial charge in [0.25, 0.3) is 0 Å². The van der Waals surface area contributed by atoms with Crippen molar-refractivity contribution in [2.24, 2.45) is 5.73 Å². The molecule has 2 N–H and O–H groups in total. The van der Waals surface area contributed by atoms with E-state index in [2.05, 4.69) is 0 Å². The molecule has 0 fully saturated rings. The quantitative estimate of drug-likeness (QED) is 0.856. The van der Waals surface area contributed by atoms with E-state index in [9.17, 15) is 4.21 Å². The van der Waals surface area contributed by atoms with Gasteiger partial charge in [-0.2, -0.15) is 0 Å². The molecule has 0 aliphatic heterocycles. The second kappa shape index (κ2) is 6.01. The van der Waals surface area contributed by atoms with Crippen LogP contribution in [0.25, 0.3) is 0 Å². The maximum atomic E-state index is 11.7. The summed E-state index contributed by atoms with van der Waals surface area (Å²) in [7, 11) is 0.723. The van der Waals surface area contributed by atoms with Gasteiger partial charge < -0.3 is 10.5 Å². The zero-order valence-electron chi connectivity index (χ0n) is 9.97. The molecular weight excluding hydrogens is 222 g/mol. The molecule has 0 aliphatic rings. The standard InChI is InChI=1S/C12H19NO2S/c1-9(2)16(14)8-11(13)10-6-4-5-7-12(10)15-3/h4-7,9,11H,8,13H2,1-3H3. The first-order valence-electron chi connectivity index (χ1n) is 5.32. The molecule has 16 heavy (non-hydrogen) atoms. The van der Waals surface area contributed by atoms with Gasteiger partial charge in [-0.3, -0.25) is 4.21 Å². The fourth-order valence-corrected chi connectivity index (χ4v) is 2.35. The van der Waals surface area contributed by atoms with E-state index >= 15 is 0 Å². The number of hydrogen-bond acceptors (Lipinski definition) is 3. The summed E-state index contributed by atoms with van der Waals surface area (Å²) in [5, 5.41) is 0.140. The van der Waals surface area contributed by atoms with E-state index < -0.39 is 10.8 Å². The number of benzene rings is 1. The third kappa shape index (κ3) is 3.32. The van der Waals surface area contributed by atoms with Gasteiger partial charge in [-0.1, -0.05) is 32.0 Å². The molecule has 1 aromatic carbocycles. The predicted molar refractivity (Wildman–Crippen MR) is 68.1 cm³/mol. The molecule has 0 saturated carbocycles.